The summed E-state index contributed by atoms with van der Waals surface area (Å²) in [6.07, 6.45) is 2.68. The molecule has 0 amide bonds. The van der Waals surface area contributed by atoms with Crippen LogP contribution in [0.1, 0.15) is 37.6 Å². The van der Waals surface area contributed by atoms with E-state index in [2.05, 4.69) is 48.2 Å². The van der Waals surface area contributed by atoms with Crippen molar-refractivity contribution in [2.45, 2.75) is 41.0 Å². The molecule has 0 saturated heterocycles. The Kier molecular flexibility index (Phi) is 4.14. The van der Waals surface area contributed by atoms with Gasteiger partial charge in [0.05, 0.1) is 5.39 Å². The molecule has 2 rings (SSSR count). The van der Waals surface area contributed by atoms with Crippen LogP contribution in [-0.4, -0.2) is 15.7 Å². The lowest BCUT2D eigenvalue weighted by atomic mass is 10.1. The third kappa shape index (κ3) is 2.76. The summed E-state index contributed by atoms with van der Waals surface area (Å²) in [5.74, 6) is 1.28. The molecule has 0 fully saturated rings. The van der Waals surface area contributed by atoms with Gasteiger partial charge in [0.1, 0.15) is 11.2 Å². The highest BCUT2D eigenvalue weighted by atomic mass is 32.1. The summed E-state index contributed by atoms with van der Waals surface area (Å²) >= 11 is 1.70. The lowest BCUT2D eigenvalue weighted by Gasteiger charge is -2.08. The second kappa shape index (κ2) is 5.65. The number of hydrogen-bond donors (Lipinski definition) is 1. The van der Waals surface area contributed by atoms with Crippen molar-refractivity contribution in [3.63, 3.8) is 0 Å². The highest BCUT2D eigenvalue weighted by Crippen LogP contribution is 2.32. The second-order valence-electron chi connectivity index (χ2n) is 4.86. The number of nitrogens with zero attached hydrogens (tertiary/aromatic N) is 3. The van der Waals surface area contributed by atoms with E-state index in [0.717, 1.165) is 28.2 Å². The van der Waals surface area contributed by atoms with Gasteiger partial charge in [-0.25, -0.2) is 9.97 Å². The first-order valence-electron chi connectivity index (χ1n) is 6.55. The molecule has 0 aromatic carbocycles. The van der Waals surface area contributed by atoms with E-state index in [1.165, 1.54) is 10.4 Å². The van der Waals surface area contributed by atoms with Crippen LogP contribution < -0.4 is 5.43 Å². The summed E-state index contributed by atoms with van der Waals surface area (Å²) < 4.78 is 0. The summed E-state index contributed by atoms with van der Waals surface area (Å²) in [5.41, 5.74) is 5.43. The van der Waals surface area contributed by atoms with Gasteiger partial charge in [-0.3, -0.25) is 5.43 Å². The first-order chi connectivity index (χ1) is 9.04. The quantitative estimate of drug-likeness (QED) is 0.674. The van der Waals surface area contributed by atoms with E-state index >= 15 is 0 Å². The van der Waals surface area contributed by atoms with Gasteiger partial charge in [-0.05, 0) is 38.7 Å². The molecule has 0 saturated carbocycles. The first-order valence-corrected chi connectivity index (χ1v) is 7.37. The summed E-state index contributed by atoms with van der Waals surface area (Å²) in [4.78, 5) is 10.9. The molecule has 0 aliphatic heterocycles. The molecule has 0 aliphatic rings. The van der Waals surface area contributed by atoms with Crippen LogP contribution in [0, 0.1) is 19.8 Å². The zero-order chi connectivity index (χ0) is 14.0. The lowest BCUT2D eigenvalue weighted by Crippen LogP contribution is -2.08. The van der Waals surface area contributed by atoms with Gasteiger partial charge in [0.2, 0.25) is 0 Å². The molecule has 1 atom stereocenters. The molecule has 0 radical (unpaired) electrons. The van der Waals surface area contributed by atoms with Gasteiger partial charge in [0.25, 0.3) is 0 Å². The summed E-state index contributed by atoms with van der Waals surface area (Å²) in [5, 5.41) is 5.54. The van der Waals surface area contributed by atoms with E-state index in [4.69, 9.17) is 0 Å². The van der Waals surface area contributed by atoms with Gasteiger partial charge in [0, 0.05) is 10.6 Å². The minimum absolute atomic E-state index is 0.482. The van der Waals surface area contributed by atoms with Gasteiger partial charge in [-0.1, -0.05) is 13.8 Å². The number of anilines is 1. The Labute approximate surface area is 118 Å². The maximum Gasteiger partial charge on any atom is 0.158 e. The van der Waals surface area contributed by atoms with Crippen LogP contribution in [0.4, 0.5) is 5.82 Å². The fraction of sp³-hybridized carbons (Fsp3) is 0.500. The fourth-order valence-electron chi connectivity index (χ4n) is 1.81. The van der Waals surface area contributed by atoms with Crippen molar-refractivity contribution >= 4 is 33.1 Å². The largest absolute Gasteiger partial charge is 0.261 e. The van der Waals surface area contributed by atoms with Crippen molar-refractivity contribution in [1.29, 1.82) is 0 Å². The Morgan fingerprint density at radius 2 is 2.16 bits per heavy atom. The number of aryl methyl sites for hydroxylation is 2. The van der Waals surface area contributed by atoms with Crippen LogP contribution >= 0.6 is 11.3 Å². The van der Waals surface area contributed by atoms with Crippen molar-refractivity contribution in [3.05, 3.63) is 16.8 Å². The van der Waals surface area contributed by atoms with Crippen LogP contribution in [0.2, 0.25) is 0 Å². The molecule has 0 spiro atoms. The van der Waals surface area contributed by atoms with Crippen molar-refractivity contribution in [3.8, 4) is 0 Å². The standard InChI is InChI=1S/C14H20N4S/c1-6-8(2)10(4)17-18-13-12-9(3)11(5)19-14(12)16-7-15-13/h7-8H,6H2,1-5H3,(H,15,16,18)/b17-10-/t8-/m1/s1. The molecule has 19 heavy (non-hydrogen) atoms. The summed E-state index contributed by atoms with van der Waals surface area (Å²) in [7, 11) is 0. The number of aromatic nitrogens is 2. The molecular formula is C14H20N4S. The number of hydrazone groups is 1. The van der Waals surface area contributed by atoms with Crippen molar-refractivity contribution in [1.82, 2.24) is 9.97 Å². The summed E-state index contributed by atoms with van der Waals surface area (Å²) in [6.45, 7) is 10.6. The first kappa shape index (κ1) is 13.9. The molecule has 0 aliphatic carbocycles. The maximum absolute atomic E-state index is 4.45. The van der Waals surface area contributed by atoms with Crippen LogP contribution in [0.5, 0.6) is 0 Å². The third-order valence-corrected chi connectivity index (χ3v) is 4.74. The Balaban J connectivity index is 2.36. The van der Waals surface area contributed by atoms with Crippen LogP contribution in [-0.2, 0) is 0 Å². The van der Waals surface area contributed by atoms with Gasteiger partial charge in [0.15, 0.2) is 5.82 Å². The number of fused-ring (bicyclic) bond motifs is 1. The van der Waals surface area contributed by atoms with Gasteiger partial charge in [-0.2, -0.15) is 5.10 Å². The summed E-state index contributed by atoms with van der Waals surface area (Å²) in [6, 6.07) is 0. The molecule has 102 valence electrons. The molecule has 5 heteroatoms. The number of hydrogen-bond acceptors (Lipinski definition) is 5. The van der Waals surface area contributed by atoms with Crippen LogP contribution in [0.3, 0.4) is 0 Å². The molecule has 2 aromatic heterocycles. The number of nitrogens with one attached hydrogen (secondary N) is 1. The maximum atomic E-state index is 4.45. The highest BCUT2D eigenvalue weighted by Gasteiger charge is 2.11. The van der Waals surface area contributed by atoms with Crippen molar-refractivity contribution in [2.75, 3.05) is 5.43 Å². The zero-order valence-electron chi connectivity index (χ0n) is 12.1. The SMILES string of the molecule is CC[C@@H](C)/C(C)=N\Nc1ncnc2sc(C)c(C)c12. The second-order valence-corrected chi connectivity index (χ2v) is 6.06. The van der Waals surface area contributed by atoms with Crippen LogP contribution in [0.15, 0.2) is 11.4 Å². The van der Waals surface area contributed by atoms with Gasteiger partial charge < -0.3 is 0 Å². The van der Waals surface area contributed by atoms with Crippen LogP contribution in [0.25, 0.3) is 10.2 Å². The van der Waals surface area contributed by atoms with E-state index < -0.39 is 0 Å². The minimum atomic E-state index is 0.482. The van der Waals surface area contributed by atoms with Gasteiger partial charge >= 0.3 is 0 Å². The predicted octanol–water partition coefficient (Wildman–Crippen LogP) is 4.14. The molecule has 2 heterocycles. The van der Waals surface area contributed by atoms with E-state index in [1.807, 2.05) is 6.92 Å². The molecular weight excluding hydrogens is 256 g/mol. The van der Waals surface area contributed by atoms with Crippen molar-refractivity contribution in [2.24, 2.45) is 11.0 Å². The zero-order valence-corrected chi connectivity index (χ0v) is 12.9. The lowest BCUT2D eigenvalue weighted by molar-refractivity contribution is 0.734. The number of rotatable bonds is 4. The fourth-order valence-corrected chi connectivity index (χ4v) is 2.81. The molecule has 1 N–H and O–H groups in total. The molecule has 0 unspecified atom stereocenters. The Morgan fingerprint density at radius 3 is 2.84 bits per heavy atom. The Hall–Kier alpha value is -1.49. The molecule has 0 bridgehead atoms. The minimum Gasteiger partial charge on any atom is -0.261 e. The Bertz CT molecular complexity index is 615. The van der Waals surface area contributed by atoms with Crippen molar-refractivity contribution < 1.29 is 0 Å². The Morgan fingerprint density at radius 1 is 1.42 bits per heavy atom. The molecule has 2 aromatic rings. The predicted molar refractivity (Wildman–Crippen MR) is 83.1 cm³/mol. The average molecular weight is 276 g/mol. The monoisotopic (exact) mass is 276 g/mol. The highest BCUT2D eigenvalue weighted by molar-refractivity contribution is 7.18. The molecule has 4 nitrogen and oxygen atoms in total. The van der Waals surface area contributed by atoms with E-state index in [9.17, 15) is 0 Å². The number of thiophene rings is 1. The average Bonchev–Trinajstić information content (AvgIpc) is 2.71. The van der Waals surface area contributed by atoms with E-state index in [1.54, 1.807) is 17.7 Å². The van der Waals surface area contributed by atoms with Gasteiger partial charge in [-0.15, -0.1) is 11.3 Å². The normalized spacial score (nSPS) is 13.8. The van der Waals surface area contributed by atoms with E-state index in [-0.39, 0.29) is 0 Å². The third-order valence-electron chi connectivity index (χ3n) is 3.63. The van der Waals surface area contributed by atoms with E-state index in [0.29, 0.717) is 5.92 Å². The topological polar surface area (TPSA) is 50.2 Å². The smallest absolute Gasteiger partial charge is 0.158 e.